The van der Waals surface area contributed by atoms with Crippen molar-refractivity contribution < 1.29 is 5.11 Å². The molecule has 4 heteroatoms. The van der Waals surface area contributed by atoms with Crippen LogP contribution >= 0.6 is 0 Å². The van der Waals surface area contributed by atoms with Gasteiger partial charge in [0, 0.05) is 53.6 Å². The third-order valence-electron chi connectivity index (χ3n) is 5.92. The molecule has 0 saturated heterocycles. The van der Waals surface area contributed by atoms with Crippen LogP contribution < -0.4 is 0 Å². The van der Waals surface area contributed by atoms with Crippen LogP contribution in [0.2, 0.25) is 0 Å². The molecule has 0 saturated carbocycles. The number of aryl methyl sites for hydroxylation is 2. The summed E-state index contributed by atoms with van der Waals surface area (Å²) in [6, 6.07) is 10.7. The fourth-order valence-electron chi connectivity index (χ4n) is 4.23. The van der Waals surface area contributed by atoms with Crippen molar-refractivity contribution in [3.05, 3.63) is 64.6 Å². The normalized spacial score (nSPS) is 17.5. The topological polar surface area (TPSA) is 41.3 Å². The third-order valence-corrected chi connectivity index (χ3v) is 5.92. The van der Waals surface area contributed by atoms with Gasteiger partial charge in [0.1, 0.15) is 5.60 Å². The van der Waals surface area contributed by atoms with Crippen molar-refractivity contribution in [3.8, 4) is 0 Å². The Bertz CT molecular complexity index is 969. The minimum atomic E-state index is -0.969. The van der Waals surface area contributed by atoms with Crippen LogP contribution in [0.3, 0.4) is 0 Å². The number of fused-ring (bicyclic) bond motifs is 3. The van der Waals surface area contributed by atoms with Crippen molar-refractivity contribution in [1.82, 2.24) is 14.5 Å². The summed E-state index contributed by atoms with van der Waals surface area (Å²) in [4.78, 5) is 6.78. The molecule has 1 aromatic carbocycles. The lowest BCUT2D eigenvalue weighted by molar-refractivity contribution is 0.0384. The van der Waals surface area contributed by atoms with Gasteiger partial charge < -0.3 is 14.6 Å². The van der Waals surface area contributed by atoms with Crippen molar-refractivity contribution >= 4 is 10.9 Å². The van der Waals surface area contributed by atoms with Crippen LogP contribution in [0.25, 0.3) is 10.9 Å². The largest absolute Gasteiger partial charge is 0.384 e. The van der Waals surface area contributed by atoms with E-state index in [2.05, 4.69) is 46.6 Å². The molecule has 1 unspecified atom stereocenters. The molecule has 4 nitrogen and oxygen atoms in total. The van der Waals surface area contributed by atoms with Crippen LogP contribution in [-0.2, 0) is 25.0 Å². The molecule has 2 aromatic heterocycles. The molecule has 1 aliphatic rings. The Labute approximate surface area is 161 Å². The summed E-state index contributed by atoms with van der Waals surface area (Å²) >= 11 is 0. The summed E-state index contributed by atoms with van der Waals surface area (Å²) in [5.74, 6) is 0. The summed E-state index contributed by atoms with van der Waals surface area (Å²) in [5, 5.41) is 12.7. The van der Waals surface area contributed by atoms with Crippen LogP contribution in [0.1, 0.15) is 35.0 Å². The Morgan fingerprint density at radius 1 is 1.11 bits per heavy atom. The van der Waals surface area contributed by atoms with Crippen LogP contribution in [-0.4, -0.2) is 39.7 Å². The van der Waals surface area contributed by atoms with E-state index in [4.69, 9.17) is 0 Å². The second-order valence-corrected chi connectivity index (χ2v) is 8.30. The SMILES string of the molecule is Cc1ccc2c(c1)c1c(n2CC(C)(O)c2ccc(C)nc2)CCN(C)CC1. The van der Waals surface area contributed by atoms with Crippen molar-refractivity contribution in [3.63, 3.8) is 0 Å². The summed E-state index contributed by atoms with van der Waals surface area (Å²) in [5.41, 5.74) is 6.21. The molecule has 4 rings (SSSR count). The van der Waals surface area contributed by atoms with Gasteiger partial charge in [0.15, 0.2) is 0 Å². The molecular weight excluding hydrogens is 334 g/mol. The maximum Gasteiger partial charge on any atom is 0.106 e. The second kappa shape index (κ2) is 6.77. The summed E-state index contributed by atoms with van der Waals surface area (Å²) in [6.07, 6.45) is 3.88. The molecule has 0 amide bonds. The molecular formula is C23H29N3O. The number of hydrogen-bond acceptors (Lipinski definition) is 3. The summed E-state index contributed by atoms with van der Waals surface area (Å²) in [7, 11) is 2.19. The highest BCUT2D eigenvalue weighted by atomic mass is 16.3. The summed E-state index contributed by atoms with van der Waals surface area (Å²) < 4.78 is 2.35. The minimum Gasteiger partial charge on any atom is -0.384 e. The highest BCUT2D eigenvalue weighted by Gasteiger charge is 2.28. The molecule has 27 heavy (non-hydrogen) atoms. The number of nitrogens with zero attached hydrogens (tertiary/aromatic N) is 3. The van der Waals surface area contributed by atoms with E-state index in [1.54, 1.807) is 6.20 Å². The number of benzene rings is 1. The maximum atomic E-state index is 11.3. The fraction of sp³-hybridized carbons (Fsp3) is 0.435. The average molecular weight is 364 g/mol. The predicted octanol–water partition coefficient (Wildman–Crippen LogP) is 3.59. The average Bonchev–Trinajstić information content (AvgIpc) is 2.76. The molecule has 0 radical (unpaired) electrons. The molecule has 1 atom stereocenters. The Morgan fingerprint density at radius 3 is 2.63 bits per heavy atom. The zero-order chi connectivity index (χ0) is 19.2. The maximum absolute atomic E-state index is 11.3. The fourth-order valence-corrected chi connectivity index (χ4v) is 4.23. The van der Waals surface area contributed by atoms with Gasteiger partial charge in [-0.05, 0) is 58.0 Å². The van der Waals surface area contributed by atoms with E-state index < -0.39 is 5.60 Å². The first kappa shape index (κ1) is 18.2. The quantitative estimate of drug-likeness (QED) is 0.773. The van der Waals surface area contributed by atoms with Gasteiger partial charge in [0.2, 0.25) is 0 Å². The van der Waals surface area contributed by atoms with Crippen LogP contribution in [0.5, 0.6) is 0 Å². The van der Waals surface area contributed by atoms with Gasteiger partial charge in [0.25, 0.3) is 0 Å². The smallest absolute Gasteiger partial charge is 0.106 e. The summed E-state index contributed by atoms with van der Waals surface area (Å²) in [6.45, 7) is 8.69. The van der Waals surface area contributed by atoms with Gasteiger partial charge in [-0.3, -0.25) is 4.98 Å². The van der Waals surface area contributed by atoms with Gasteiger partial charge in [-0.1, -0.05) is 17.7 Å². The number of pyridine rings is 1. The first-order valence-electron chi connectivity index (χ1n) is 9.80. The first-order chi connectivity index (χ1) is 12.8. The second-order valence-electron chi connectivity index (χ2n) is 8.30. The van der Waals surface area contributed by atoms with E-state index in [1.165, 1.54) is 27.7 Å². The number of aliphatic hydroxyl groups is 1. The first-order valence-corrected chi connectivity index (χ1v) is 9.80. The van der Waals surface area contributed by atoms with Crippen LogP contribution in [0, 0.1) is 13.8 Å². The van der Waals surface area contributed by atoms with E-state index in [0.29, 0.717) is 6.54 Å². The van der Waals surface area contributed by atoms with Crippen molar-refractivity contribution in [2.75, 3.05) is 20.1 Å². The van der Waals surface area contributed by atoms with Crippen molar-refractivity contribution in [2.45, 2.75) is 45.8 Å². The molecule has 3 aromatic rings. The van der Waals surface area contributed by atoms with Gasteiger partial charge in [0.05, 0.1) is 6.54 Å². The molecule has 0 fully saturated rings. The number of likely N-dealkylation sites (N-methyl/N-ethyl adjacent to an activating group) is 1. The Balaban J connectivity index is 1.82. The Hall–Kier alpha value is -2.17. The molecule has 1 aliphatic heterocycles. The van der Waals surface area contributed by atoms with Gasteiger partial charge >= 0.3 is 0 Å². The zero-order valence-electron chi connectivity index (χ0n) is 16.8. The number of rotatable bonds is 3. The zero-order valence-corrected chi connectivity index (χ0v) is 16.8. The van der Waals surface area contributed by atoms with E-state index >= 15 is 0 Å². The third kappa shape index (κ3) is 3.40. The van der Waals surface area contributed by atoms with E-state index in [-0.39, 0.29) is 0 Å². The lowest BCUT2D eigenvalue weighted by Crippen LogP contribution is -2.29. The monoisotopic (exact) mass is 363 g/mol. The Kier molecular flexibility index (Phi) is 4.57. The minimum absolute atomic E-state index is 0.538. The molecule has 3 heterocycles. The molecule has 0 spiro atoms. The number of hydrogen-bond donors (Lipinski definition) is 1. The Morgan fingerprint density at radius 2 is 1.89 bits per heavy atom. The molecule has 1 N–H and O–H groups in total. The highest BCUT2D eigenvalue weighted by Crippen LogP contribution is 2.33. The molecule has 0 bridgehead atoms. The van der Waals surface area contributed by atoms with Gasteiger partial charge in [-0.15, -0.1) is 0 Å². The van der Waals surface area contributed by atoms with Crippen molar-refractivity contribution in [2.24, 2.45) is 0 Å². The van der Waals surface area contributed by atoms with Gasteiger partial charge in [-0.2, -0.15) is 0 Å². The van der Waals surface area contributed by atoms with E-state index in [1.807, 2.05) is 26.0 Å². The standard InChI is InChI=1S/C23H29N3O/c1-16-5-8-21-20(13-16)19-9-11-25(4)12-10-22(19)26(21)15-23(3,27)18-7-6-17(2)24-14-18/h5-8,13-14,27H,9-12,15H2,1-4H3. The van der Waals surface area contributed by atoms with Crippen LogP contribution in [0.4, 0.5) is 0 Å². The number of aromatic nitrogens is 2. The molecule has 0 aliphatic carbocycles. The lowest BCUT2D eigenvalue weighted by Gasteiger charge is -2.26. The van der Waals surface area contributed by atoms with Crippen molar-refractivity contribution in [1.29, 1.82) is 0 Å². The van der Waals surface area contributed by atoms with E-state index in [9.17, 15) is 5.11 Å². The highest BCUT2D eigenvalue weighted by molar-refractivity contribution is 5.86. The molecule has 142 valence electrons. The predicted molar refractivity (Wildman–Crippen MR) is 110 cm³/mol. The van der Waals surface area contributed by atoms with Crippen LogP contribution in [0.15, 0.2) is 36.5 Å². The lowest BCUT2D eigenvalue weighted by atomic mass is 9.97. The van der Waals surface area contributed by atoms with Gasteiger partial charge in [-0.25, -0.2) is 0 Å². The van der Waals surface area contributed by atoms with E-state index in [0.717, 1.165) is 37.2 Å².